The number of hydrogen-bond acceptors (Lipinski definition) is 3. The average Bonchev–Trinajstić information content (AvgIpc) is 2.54. The van der Waals surface area contributed by atoms with Gasteiger partial charge in [0.2, 0.25) is 5.91 Å². The summed E-state index contributed by atoms with van der Waals surface area (Å²) in [5.41, 5.74) is 2.12. The first kappa shape index (κ1) is 24.2. The molecule has 144 valence electrons. The largest absolute Gasteiger partial charge is 0.347 e. The van der Waals surface area contributed by atoms with Crippen LogP contribution in [0.4, 0.5) is 0 Å². The van der Waals surface area contributed by atoms with Gasteiger partial charge in [-0.2, -0.15) is 0 Å². The molecule has 0 aromatic carbocycles. The van der Waals surface area contributed by atoms with Crippen LogP contribution in [0.5, 0.6) is 0 Å². The highest BCUT2D eigenvalue weighted by Crippen LogP contribution is 2.25. The van der Waals surface area contributed by atoms with Crippen molar-refractivity contribution < 1.29 is 4.79 Å². The van der Waals surface area contributed by atoms with Crippen molar-refractivity contribution in [2.24, 2.45) is 17.8 Å². The molecule has 0 bridgehead atoms. The van der Waals surface area contributed by atoms with Crippen LogP contribution in [0.15, 0.2) is 18.3 Å². The van der Waals surface area contributed by atoms with Gasteiger partial charge >= 0.3 is 0 Å². The molecule has 1 aliphatic rings. The fraction of sp³-hybridized carbons (Fsp3) is 0.684. The van der Waals surface area contributed by atoms with Crippen molar-refractivity contribution in [3.05, 3.63) is 29.6 Å². The molecule has 3 unspecified atom stereocenters. The normalized spacial score (nSPS) is 19.3. The molecule has 1 amide bonds. The van der Waals surface area contributed by atoms with Crippen molar-refractivity contribution in [2.45, 2.75) is 53.0 Å². The van der Waals surface area contributed by atoms with Crippen molar-refractivity contribution in [1.29, 1.82) is 0 Å². The second-order valence-electron chi connectivity index (χ2n) is 7.28. The predicted molar refractivity (Wildman–Crippen MR) is 109 cm³/mol. The molecule has 1 aromatic heterocycles. The zero-order chi connectivity index (χ0) is 16.8. The average molecular weight is 390 g/mol. The third-order valence-corrected chi connectivity index (χ3v) is 4.97. The summed E-state index contributed by atoms with van der Waals surface area (Å²) in [6.07, 6.45) is 4.86. The Balaban J connectivity index is 0.00000288. The van der Waals surface area contributed by atoms with Crippen molar-refractivity contribution in [2.75, 3.05) is 13.1 Å². The van der Waals surface area contributed by atoms with E-state index in [-0.39, 0.29) is 36.8 Å². The van der Waals surface area contributed by atoms with E-state index in [1.807, 2.05) is 6.07 Å². The van der Waals surface area contributed by atoms with Gasteiger partial charge in [-0.25, -0.2) is 0 Å². The van der Waals surface area contributed by atoms with E-state index in [0.29, 0.717) is 24.2 Å². The van der Waals surface area contributed by atoms with E-state index in [4.69, 9.17) is 0 Å². The molecule has 0 radical (unpaired) electrons. The quantitative estimate of drug-likeness (QED) is 0.770. The van der Waals surface area contributed by atoms with Crippen LogP contribution < -0.4 is 10.6 Å². The van der Waals surface area contributed by atoms with Crippen LogP contribution in [0.1, 0.15) is 57.3 Å². The molecule has 0 saturated carbocycles. The number of aryl methyl sites for hydroxylation is 1. The van der Waals surface area contributed by atoms with E-state index in [1.165, 1.54) is 12.8 Å². The maximum atomic E-state index is 12.5. The van der Waals surface area contributed by atoms with Crippen LogP contribution in [0, 0.1) is 24.7 Å². The molecule has 4 nitrogen and oxygen atoms in total. The topological polar surface area (TPSA) is 54.0 Å². The molecule has 1 saturated heterocycles. The Bertz CT molecular complexity index is 519. The first-order valence-corrected chi connectivity index (χ1v) is 8.90. The fourth-order valence-corrected chi connectivity index (χ4v) is 3.43. The van der Waals surface area contributed by atoms with Crippen molar-refractivity contribution in [3.8, 4) is 0 Å². The van der Waals surface area contributed by atoms with Gasteiger partial charge in [0, 0.05) is 12.6 Å². The lowest BCUT2D eigenvalue weighted by atomic mass is 9.85. The number of rotatable bonds is 6. The molecule has 2 heterocycles. The van der Waals surface area contributed by atoms with Crippen molar-refractivity contribution in [1.82, 2.24) is 15.6 Å². The summed E-state index contributed by atoms with van der Waals surface area (Å²) in [5.74, 6) is 1.50. The zero-order valence-electron chi connectivity index (χ0n) is 15.7. The van der Waals surface area contributed by atoms with Crippen LogP contribution in [-0.4, -0.2) is 24.0 Å². The highest BCUT2D eigenvalue weighted by Gasteiger charge is 2.25. The molecule has 25 heavy (non-hydrogen) atoms. The minimum absolute atomic E-state index is 0. The molecule has 1 fully saturated rings. The van der Waals surface area contributed by atoms with E-state index in [0.717, 1.165) is 24.3 Å². The number of halogens is 2. The minimum Gasteiger partial charge on any atom is -0.347 e. The number of amides is 1. The number of hydrogen-bond donors (Lipinski definition) is 2. The third kappa shape index (κ3) is 7.12. The SMILES string of the molecule is Cc1cccnc1C(NC(=O)CC(C)C1CCCNC1)C(C)C.Cl.Cl. The Morgan fingerprint density at radius 1 is 1.36 bits per heavy atom. The monoisotopic (exact) mass is 389 g/mol. The Hall–Kier alpha value is -0.840. The second-order valence-corrected chi connectivity index (χ2v) is 7.28. The molecular weight excluding hydrogens is 357 g/mol. The van der Waals surface area contributed by atoms with E-state index in [2.05, 4.69) is 49.4 Å². The van der Waals surface area contributed by atoms with Gasteiger partial charge in [-0.05, 0) is 62.2 Å². The second kappa shape index (κ2) is 11.7. The van der Waals surface area contributed by atoms with Crippen molar-refractivity contribution >= 4 is 30.7 Å². The Morgan fingerprint density at radius 2 is 2.08 bits per heavy atom. The van der Waals surface area contributed by atoms with Gasteiger partial charge in [0.05, 0.1) is 11.7 Å². The van der Waals surface area contributed by atoms with Gasteiger partial charge in [0.25, 0.3) is 0 Å². The zero-order valence-corrected chi connectivity index (χ0v) is 17.4. The van der Waals surface area contributed by atoms with Crippen LogP contribution in [0.3, 0.4) is 0 Å². The van der Waals surface area contributed by atoms with Crippen LogP contribution in [0.25, 0.3) is 0 Å². The van der Waals surface area contributed by atoms with E-state index < -0.39 is 0 Å². The number of carbonyl (C=O) groups excluding carboxylic acids is 1. The first-order chi connectivity index (χ1) is 11.0. The molecule has 0 spiro atoms. The Morgan fingerprint density at radius 3 is 2.64 bits per heavy atom. The summed E-state index contributed by atoms with van der Waals surface area (Å²) in [5, 5.41) is 6.66. The molecule has 2 N–H and O–H groups in total. The lowest BCUT2D eigenvalue weighted by Crippen LogP contribution is -2.37. The maximum Gasteiger partial charge on any atom is 0.220 e. The van der Waals surface area contributed by atoms with Crippen molar-refractivity contribution in [3.63, 3.8) is 0 Å². The van der Waals surface area contributed by atoms with Crippen LogP contribution in [0.2, 0.25) is 0 Å². The highest BCUT2D eigenvalue weighted by atomic mass is 35.5. The Kier molecular flexibility index (Phi) is 11.3. The van der Waals surface area contributed by atoms with Gasteiger partial charge in [-0.1, -0.05) is 26.8 Å². The molecule has 1 aliphatic heterocycles. The molecular formula is C19H33Cl2N3O. The number of carbonyl (C=O) groups is 1. The number of piperidine rings is 1. The number of nitrogens with one attached hydrogen (secondary N) is 2. The van der Waals surface area contributed by atoms with Gasteiger partial charge in [-0.3, -0.25) is 9.78 Å². The predicted octanol–water partition coefficient (Wildman–Crippen LogP) is 4.07. The van der Waals surface area contributed by atoms with Crippen LogP contribution in [-0.2, 0) is 4.79 Å². The summed E-state index contributed by atoms with van der Waals surface area (Å²) in [6.45, 7) is 10.7. The standard InChI is InChI=1S/C19H31N3O.2ClH/c1-13(2)18(19-14(3)7-5-10-21-19)22-17(23)11-15(4)16-8-6-9-20-12-16;;/h5,7,10,13,15-16,18,20H,6,8-9,11-12H2,1-4H3,(H,22,23);2*1H. The van der Waals surface area contributed by atoms with E-state index >= 15 is 0 Å². The molecule has 3 atom stereocenters. The third-order valence-electron chi connectivity index (χ3n) is 4.97. The number of pyridine rings is 1. The molecule has 1 aromatic rings. The van der Waals surface area contributed by atoms with Gasteiger partial charge < -0.3 is 10.6 Å². The Labute approximate surface area is 164 Å². The highest BCUT2D eigenvalue weighted by molar-refractivity contribution is 5.85. The summed E-state index contributed by atoms with van der Waals surface area (Å²) in [4.78, 5) is 17.0. The number of nitrogens with zero attached hydrogens (tertiary/aromatic N) is 1. The molecule has 6 heteroatoms. The van der Waals surface area contributed by atoms with Crippen LogP contribution >= 0.6 is 24.8 Å². The maximum absolute atomic E-state index is 12.5. The smallest absolute Gasteiger partial charge is 0.220 e. The minimum atomic E-state index is -0.0135. The summed E-state index contributed by atoms with van der Waals surface area (Å²) in [6, 6.07) is 3.98. The molecule has 2 rings (SSSR count). The van der Waals surface area contributed by atoms with Gasteiger partial charge in [0.1, 0.15) is 0 Å². The molecule has 0 aliphatic carbocycles. The summed E-state index contributed by atoms with van der Waals surface area (Å²) < 4.78 is 0. The first-order valence-electron chi connectivity index (χ1n) is 8.90. The van der Waals surface area contributed by atoms with E-state index in [1.54, 1.807) is 6.20 Å². The number of aromatic nitrogens is 1. The summed E-state index contributed by atoms with van der Waals surface area (Å²) in [7, 11) is 0. The van der Waals surface area contributed by atoms with Gasteiger partial charge in [-0.15, -0.1) is 24.8 Å². The fourth-order valence-electron chi connectivity index (χ4n) is 3.43. The van der Waals surface area contributed by atoms with E-state index in [9.17, 15) is 4.79 Å². The summed E-state index contributed by atoms with van der Waals surface area (Å²) >= 11 is 0. The lowest BCUT2D eigenvalue weighted by Gasteiger charge is -2.29. The van der Waals surface area contributed by atoms with Gasteiger partial charge in [0.15, 0.2) is 0 Å². The lowest BCUT2D eigenvalue weighted by molar-refractivity contribution is -0.123.